The number of hydrogen-bond acceptors (Lipinski definition) is 2. The first-order chi connectivity index (χ1) is 8.72. The van der Waals surface area contributed by atoms with Crippen molar-refractivity contribution in [3.63, 3.8) is 0 Å². The van der Waals surface area contributed by atoms with Crippen molar-refractivity contribution >= 4 is 17.4 Å². The Balaban J connectivity index is 2.29. The van der Waals surface area contributed by atoms with Crippen LogP contribution >= 0.6 is 11.6 Å². The highest BCUT2D eigenvalue weighted by molar-refractivity contribution is 6.17. The van der Waals surface area contributed by atoms with Crippen molar-refractivity contribution in [3.8, 4) is 0 Å². The van der Waals surface area contributed by atoms with Gasteiger partial charge in [0.25, 0.3) is 0 Å². The summed E-state index contributed by atoms with van der Waals surface area (Å²) < 4.78 is 0. The molecule has 0 aliphatic carbocycles. The zero-order valence-corrected chi connectivity index (χ0v) is 12.3. The molecule has 0 amide bonds. The van der Waals surface area contributed by atoms with Crippen LogP contribution in [-0.2, 0) is 5.88 Å². The van der Waals surface area contributed by atoms with Gasteiger partial charge in [-0.2, -0.15) is 0 Å². The highest BCUT2D eigenvalue weighted by Crippen LogP contribution is 2.26. The second-order valence-corrected chi connectivity index (χ2v) is 5.54. The number of aryl methyl sites for hydroxylation is 2. The Morgan fingerprint density at radius 2 is 1.72 bits per heavy atom. The van der Waals surface area contributed by atoms with E-state index in [9.17, 15) is 0 Å². The smallest absolute Gasteiger partial charge is 0.133 e. The number of hydrogen-bond donors (Lipinski definition) is 0. The van der Waals surface area contributed by atoms with Crippen LogP contribution in [0.25, 0.3) is 0 Å². The average molecular weight is 267 g/mol. The van der Waals surface area contributed by atoms with Crippen LogP contribution in [0.15, 0.2) is 6.07 Å². The molecule has 100 valence electrons. The van der Waals surface area contributed by atoms with Gasteiger partial charge in [-0.1, -0.05) is 19.3 Å². The van der Waals surface area contributed by atoms with Crippen LogP contribution in [0.2, 0.25) is 0 Å². The summed E-state index contributed by atoms with van der Waals surface area (Å²) >= 11 is 6.12. The molecular weight excluding hydrogens is 244 g/mol. The third kappa shape index (κ3) is 3.17. The van der Waals surface area contributed by atoms with Crippen molar-refractivity contribution in [2.75, 3.05) is 18.0 Å². The first-order valence-electron chi connectivity index (χ1n) is 7.00. The molecule has 1 saturated heterocycles. The van der Waals surface area contributed by atoms with Crippen LogP contribution in [0.5, 0.6) is 0 Å². The topological polar surface area (TPSA) is 16.1 Å². The Morgan fingerprint density at radius 3 is 2.33 bits per heavy atom. The average Bonchev–Trinajstić information content (AvgIpc) is 2.27. The molecule has 0 saturated carbocycles. The molecular formula is C15H23ClN2. The van der Waals surface area contributed by atoms with E-state index >= 15 is 0 Å². The molecule has 1 aliphatic heterocycles. The quantitative estimate of drug-likeness (QED) is 0.746. The highest BCUT2D eigenvalue weighted by atomic mass is 35.5. The van der Waals surface area contributed by atoms with Crippen LogP contribution in [0.3, 0.4) is 0 Å². The fraction of sp³-hybridized carbons (Fsp3) is 0.667. The largest absolute Gasteiger partial charge is 0.356 e. The van der Waals surface area contributed by atoms with Crippen LogP contribution in [0, 0.1) is 13.8 Å². The first-order valence-corrected chi connectivity index (χ1v) is 7.54. The van der Waals surface area contributed by atoms with E-state index in [4.69, 9.17) is 16.6 Å². The SMILES string of the molecule is Cc1cc(C)c(CCl)c(N2CCCCCCC2)n1. The maximum absolute atomic E-state index is 6.12. The maximum atomic E-state index is 6.12. The Bertz CT molecular complexity index is 396. The maximum Gasteiger partial charge on any atom is 0.133 e. The van der Waals surface area contributed by atoms with Gasteiger partial charge in [0, 0.05) is 24.3 Å². The summed E-state index contributed by atoms with van der Waals surface area (Å²) in [6, 6.07) is 2.13. The molecule has 0 spiro atoms. The highest BCUT2D eigenvalue weighted by Gasteiger charge is 2.16. The van der Waals surface area contributed by atoms with Crippen molar-refractivity contribution in [1.82, 2.24) is 4.98 Å². The number of pyridine rings is 1. The minimum absolute atomic E-state index is 0.560. The molecule has 2 nitrogen and oxygen atoms in total. The van der Waals surface area contributed by atoms with Gasteiger partial charge in [-0.25, -0.2) is 4.98 Å². The zero-order valence-electron chi connectivity index (χ0n) is 11.5. The van der Waals surface area contributed by atoms with E-state index in [-0.39, 0.29) is 0 Å². The van der Waals surface area contributed by atoms with Crippen molar-refractivity contribution in [2.45, 2.75) is 51.8 Å². The van der Waals surface area contributed by atoms with Crippen molar-refractivity contribution in [2.24, 2.45) is 0 Å². The molecule has 1 aromatic rings. The first kappa shape index (κ1) is 13.7. The molecule has 1 aromatic heterocycles. The number of aromatic nitrogens is 1. The minimum Gasteiger partial charge on any atom is -0.356 e. The lowest BCUT2D eigenvalue weighted by molar-refractivity contribution is 0.552. The monoisotopic (exact) mass is 266 g/mol. The van der Waals surface area contributed by atoms with Crippen LogP contribution < -0.4 is 4.90 Å². The van der Waals surface area contributed by atoms with Crippen molar-refractivity contribution in [1.29, 1.82) is 0 Å². The number of alkyl halides is 1. The van der Waals surface area contributed by atoms with Crippen molar-refractivity contribution < 1.29 is 0 Å². The number of anilines is 1. The molecule has 0 bridgehead atoms. The standard InChI is InChI=1S/C15H23ClN2/c1-12-10-13(2)17-15(14(12)11-16)18-8-6-4-3-5-7-9-18/h10H,3-9,11H2,1-2H3. The van der Waals surface area contributed by atoms with Gasteiger partial charge in [-0.05, 0) is 38.3 Å². The van der Waals surface area contributed by atoms with Gasteiger partial charge in [0.15, 0.2) is 0 Å². The van der Waals surface area contributed by atoms with Gasteiger partial charge in [0.2, 0.25) is 0 Å². The van der Waals surface area contributed by atoms with E-state index in [0.29, 0.717) is 5.88 Å². The fourth-order valence-corrected chi connectivity index (χ4v) is 3.06. The summed E-state index contributed by atoms with van der Waals surface area (Å²) in [5.41, 5.74) is 3.58. The van der Waals surface area contributed by atoms with E-state index in [0.717, 1.165) is 24.6 Å². The predicted octanol–water partition coefficient (Wildman–Crippen LogP) is 4.21. The van der Waals surface area contributed by atoms with Gasteiger partial charge < -0.3 is 4.90 Å². The van der Waals surface area contributed by atoms with Gasteiger partial charge in [0.1, 0.15) is 5.82 Å². The third-order valence-corrected chi connectivity index (χ3v) is 4.01. The molecule has 0 aromatic carbocycles. The van der Waals surface area contributed by atoms with Gasteiger partial charge in [-0.3, -0.25) is 0 Å². The van der Waals surface area contributed by atoms with Gasteiger partial charge in [-0.15, -0.1) is 11.6 Å². The molecule has 2 rings (SSSR count). The van der Waals surface area contributed by atoms with Gasteiger partial charge >= 0.3 is 0 Å². The Kier molecular flexibility index (Phi) is 4.87. The van der Waals surface area contributed by atoms with E-state index in [1.807, 2.05) is 0 Å². The summed E-state index contributed by atoms with van der Waals surface area (Å²) in [7, 11) is 0. The molecule has 0 atom stereocenters. The molecule has 0 radical (unpaired) electrons. The lowest BCUT2D eigenvalue weighted by Gasteiger charge is -2.28. The van der Waals surface area contributed by atoms with E-state index in [1.54, 1.807) is 0 Å². The van der Waals surface area contributed by atoms with E-state index in [2.05, 4.69) is 24.8 Å². The summed E-state index contributed by atoms with van der Waals surface area (Å²) in [5, 5.41) is 0. The Hall–Kier alpha value is -0.760. The molecule has 1 fully saturated rings. The third-order valence-electron chi connectivity index (χ3n) is 3.74. The van der Waals surface area contributed by atoms with Crippen LogP contribution in [0.1, 0.15) is 48.9 Å². The fourth-order valence-electron chi connectivity index (χ4n) is 2.73. The minimum atomic E-state index is 0.560. The van der Waals surface area contributed by atoms with Crippen molar-refractivity contribution in [3.05, 3.63) is 22.9 Å². The predicted molar refractivity (Wildman–Crippen MR) is 78.6 cm³/mol. The number of nitrogens with zero attached hydrogens (tertiary/aromatic N) is 2. The van der Waals surface area contributed by atoms with E-state index in [1.165, 1.54) is 43.2 Å². The molecule has 3 heteroatoms. The number of halogens is 1. The summed E-state index contributed by atoms with van der Waals surface area (Å²) in [5.74, 6) is 1.69. The summed E-state index contributed by atoms with van der Waals surface area (Å²) in [6.45, 7) is 6.46. The Labute approximate surface area is 115 Å². The molecule has 0 N–H and O–H groups in total. The van der Waals surface area contributed by atoms with E-state index < -0.39 is 0 Å². The lowest BCUT2D eigenvalue weighted by atomic mass is 10.1. The second kappa shape index (κ2) is 6.42. The molecule has 18 heavy (non-hydrogen) atoms. The summed E-state index contributed by atoms with van der Waals surface area (Å²) in [4.78, 5) is 7.18. The second-order valence-electron chi connectivity index (χ2n) is 5.27. The number of rotatable bonds is 2. The molecule has 2 heterocycles. The normalized spacial score (nSPS) is 17.4. The Morgan fingerprint density at radius 1 is 1.11 bits per heavy atom. The van der Waals surface area contributed by atoms with Crippen LogP contribution in [-0.4, -0.2) is 18.1 Å². The molecule has 1 aliphatic rings. The van der Waals surface area contributed by atoms with Gasteiger partial charge in [0.05, 0.1) is 5.88 Å². The zero-order chi connectivity index (χ0) is 13.0. The summed E-state index contributed by atoms with van der Waals surface area (Å²) in [6.07, 6.45) is 6.62. The van der Waals surface area contributed by atoms with Crippen LogP contribution in [0.4, 0.5) is 5.82 Å². The molecule has 0 unspecified atom stereocenters. The lowest BCUT2D eigenvalue weighted by Crippen LogP contribution is -2.29.